The molecule has 0 atom stereocenters. The highest BCUT2D eigenvalue weighted by molar-refractivity contribution is 5.75. The second kappa shape index (κ2) is 19.9. The minimum absolute atomic E-state index is 0.193. The molecular formula is C19H40N4O. The molecule has 0 unspecified atom stereocenters. The van der Waals surface area contributed by atoms with Gasteiger partial charge in [0.2, 0.25) is 5.91 Å². The van der Waals surface area contributed by atoms with Crippen molar-refractivity contribution in [3.05, 3.63) is 0 Å². The number of rotatable bonds is 18. The highest BCUT2D eigenvalue weighted by Gasteiger charge is 2.00. The standard InChI is InChI=1S/C19H40N4O/c1-2-3-4-5-6-7-8-9-10-11-12-15-19(24)22-17-14-13-16-21-18-23-20/h18H,2-17,20H2,1H3,(H,21,23)(H,22,24). The fourth-order valence-corrected chi connectivity index (χ4v) is 2.71. The molecule has 4 N–H and O–H groups in total. The first-order valence-corrected chi connectivity index (χ1v) is 10.0. The van der Waals surface area contributed by atoms with E-state index in [1.165, 1.54) is 70.5 Å². The lowest BCUT2D eigenvalue weighted by molar-refractivity contribution is -0.121. The second-order valence-corrected chi connectivity index (χ2v) is 6.54. The number of hydrogen-bond acceptors (Lipinski definition) is 3. The summed E-state index contributed by atoms with van der Waals surface area (Å²) in [7, 11) is 0. The molecule has 0 radical (unpaired) electrons. The lowest BCUT2D eigenvalue weighted by Crippen LogP contribution is -2.24. The van der Waals surface area contributed by atoms with E-state index in [1.807, 2.05) is 0 Å². The zero-order chi connectivity index (χ0) is 17.7. The molecule has 0 aromatic rings. The van der Waals surface area contributed by atoms with E-state index in [0.29, 0.717) is 6.42 Å². The Balaban J connectivity index is 3.16. The number of hydrogen-bond donors (Lipinski definition) is 3. The van der Waals surface area contributed by atoms with Crippen molar-refractivity contribution in [2.24, 2.45) is 10.8 Å². The maximum atomic E-state index is 11.7. The summed E-state index contributed by atoms with van der Waals surface area (Å²) in [5.74, 6) is 5.26. The number of amides is 1. The quantitative estimate of drug-likeness (QED) is 0.116. The molecule has 0 heterocycles. The van der Waals surface area contributed by atoms with Crippen LogP contribution < -0.4 is 16.6 Å². The van der Waals surface area contributed by atoms with E-state index in [1.54, 1.807) is 0 Å². The number of unbranched alkanes of at least 4 members (excludes halogenated alkanes) is 11. The maximum absolute atomic E-state index is 11.7. The minimum Gasteiger partial charge on any atom is -0.356 e. The number of nitrogens with one attached hydrogen (secondary N) is 2. The first kappa shape index (κ1) is 22.9. The van der Waals surface area contributed by atoms with Crippen molar-refractivity contribution in [3.63, 3.8) is 0 Å². The minimum atomic E-state index is 0.193. The van der Waals surface area contributed by atoms with Crippen molar-refractivity contribution in [1.82, 2.24) is 10.7 Å². The highest BCUT2D eigenvalue weighted by atomic mass is 16.1. The Hall–Kier alpha value is -1.10. The van der Waals surface area contributed by atoms with Crippen LogP contribution in [0.2, 0.25) is 0 Å². The largest absolute Gasteiger partial charge is 0.356 e. The highest BCUT2D eigenvalue weighted by Crippen LogP contribution is 2.11. The molecule has 142 valence electrons. The summed E-state index contributed by atoms with van der Waals surface area (Å²) in [5.41, 5.74) is 2.37. The molecule has 5 heteroatoms. The van der Waals surface area contributed by atoms with Crippen molar-refractivity contribution in [1.29, 1.82) is 0 Å². The second-order valence-electron chi connectivity index (χ2n) is 6.54. The molecule has 0 aromatic heterocycles. The van der Waals surface area contributed by atoms with Crippen molar-refractivity contribution in [3.8, 4) is 0 Å². The van der Waals surface area contributed by atoms with Crippen molar-refractivity contribution < 1.29 is 4.79 Å². The van der Waals surface area contributed by atoms with E-state index in [0.717, 1.165) is 32.4 Å². The van der Waals surface area contributed by atoms with E-state index < -0.39 is 0 Å². The van der Waals surface area contributed by atoms with Crippen LogP contribution in [0.3, 0.4) is 0 Å². The van der Waals surface area contributed by atoms with Gasteiger partial charge in [0.15, 0.2) is 0 Å². The van der Waals surface area contributed by atoms with Gasteiger partial charge in [0.05, 0.1) is 6.34 Å². The molecule has 0 fully saturated rings. The van der Waals surface area contributed by atoms with Gasteiger partial charge in [-0.05, 0) is 19.3 Å². The van der Waals surface area contributed by atoms with Gasteiger partial charge in [0, 0.05) is 19.5 Å². The molecule has 0 aromatic carbocycles. The SMILES string of the molecule is CCCCCCCCCCCCCC(=O)NCCCCN=CNN. The summed E-state index contributed by atoms with van der Waals surface area (Å²) in [6.45, 7) is 3.76. The first-order valence-electron chi connectivity index (χ1n) is 10.0. The lowest BCUT2D eigenvalue weighted by atomic mass is 10.1. The average molecular weight is 341 g/mol. The third kappa shape index (κ3) is 18.9. The van der Waals surface area contributed by atoms with E-state index in [-0.39, 0.29) is 5.91 Å². The predicted octanol–water partition coefficient (Wildman–Crippen LogP) is 4.08. The van der Waals surface area contributed by atoms with Crippen LogP contribution >= 0.6 is 0 Å². The maximum Gasteiger partial charge on any atom is 0.219 e. The summed E-state index contributed by atoms with van der Waals surface area (Å²) in [6, 6.07) is 0. The summed E-state index contributed by atoms with van der Waals surface area (Å²) < 4.78 is 0. The van der Waals surface area contributed by atoms with Gasteiger partial charge in [-0.25, -0.2) is 5.84 Å². The van der Waals surface area contributed by atoms with E-state index in [4.69, 9.17) is 5.84 Å². The molecule has 0 saturated carbocycles. The van der Waals surface area contributed by atoms with Gasteiger partial charge >= 0.3 is 0 Å². The summed E-state index contributed by atoms with van der Waals surface area (Å²) in [6.07, 6.45) is 18.6. The van der Waals surface area contributed by atoms with Gasteiger partial charge < -0.3 is 10.7 Å². The van der Waals surface area contributed by atoms with Crippen LogP contribution in [-0.2, 0) is 4.79 Å². The van der Waals surface area contributed by atoms with E-state index >= 15 is 0 Å². The molecule has 0 spiro atoms. The van der Waals surface area contributed by atoms with Crippen LogP contribution in [0.1, 0.15) is 96.8 Å². The van der Waals surface area contributed by atoms with E-state index in [2.05, 4.69) is 22.7 Å². The Morgan fingerprint density at radius 3 is 2.04 bits per heavy atom. The van der Waals surface area contributed by atoms with Gasteiger partial charge in [-0.2, -0.15) is 0 Å². The topological polar surface area (TPSA) is 79.5 Å². The normalized spacial score (nSPS) is 11.1. The van der Waals surface area contributed by atoms with Crippen LogP contribution in [-0.4, -0.2) is 25.3 Å². The first-order chi connectivity index (χ1) is 11.8. The number of hydrazine groups is 1. The van der Waals surface area contributed by atoms with Gasteiger partial charge in [0.25, 0.3) is 0 Å². The Bertz CT molecular complexity index is 295. The van der Waals surface area contributed by atoms with Crippen LogP contribution in [0.25, 0.3) is 0 Å². The van der Waals surface area contributed by atoms with Crippen molar-refractivity contribution >= 4 is 12.2 Å². The molecule has 0 aliphatic carbocycles. The number of aliphatic imine (C=N–C) groups is 1. The molecule has 0 rings (SSSR count). The predicted molar refractivity (Wildman–Crippen MR) is 104 cm³/mol. The number of nitrogens with two attached hydrogens (primary N) is 1. The summed E-state index contributed by atoms with van der Waals surface area (Å²) >= 11 is 0. The monoisotopic (exact) mass is 340 g/mol. The Morgan fingerprint density at radius 2 is 1.46 bits per heavy atom. The fourth-order valence-electron chi connectivity index (χ4n) is 2.71. The molecule has 1 amide bonds. The average Bonchev–Trinajstić information content (AvgIpc) is 2.59. The molecule has 24 heavy (non-hydrogen) atoms. The molecule has 0 bridgehead atoms. The van der Waals surface area contributed by atoms with Crippen LogP contribution in [0.4, 0.5) is 0 Å². The Labute approximate surface area is 149 Å². The zero-order valence-electron chi connectivity index (χ0n) is 15.8. The smallest absolute Gasteiger partial charge is 0.219 e. The van der Waals surface area contributed by atoms with Crippen molar-refractivity contribution in [2.75, 3.05) is 13.1 Å². The molecule has 0 aliphatic rings. The lowest BCUT2D eigenvalue weighted by Gasteiger charge is -2.05. The van der Waals surface area contributed by atoms with Crippen LogP contribution in [0.15, 0.2) is 4.99 Å². The van der Waals surface area contributed by atoms with Gasteiger partial charge in [-0.1, -0.05) is 71.1 Å². The third-order valence-electron chi connectivity index (χ3n) is 4.21. The Kier molecular flexibility index (Phi) is 19.0. The van der Waals surface area contributed by atoms with Crippen LogP contribution in [0, 0.1) is 0 Å². The molecular weight excluding hydrogens is 300 g/mol. The van der Waals surface area contributed by atoms with Crippen LogP contribution in [0.5, 0.6) is 0 Å². The number of carbonyl (C=O) groups excluding carboxylic acids is 1. The molecule has 0 aliphatic heterocycles. The van der Waals surface area contributed by atoms with Gasteiger partial charge in [0.1, 0.15) is 0 Å². The fraction of sp³-hybridized carbons (Fsp3) is 0.895. The van der Waals surface area contributed by atoms with Gasteiger partial charge in [-0.3, -0.25) is 9.79 Å². The van der Waals surface area contributed by atoms with E-state index in [9.17, 15) is 4.79 Å². The van der Waals surface area contributed by atoms with Crippen molar-refractivity contribution in [2.45, 2.75) is 96.8 Å². The summed E-state index contributed by atoms with van der Waals surface area (Å²) in [4.78, 5) is 15.7. The number of carbonyl (C=O) groups is 1. The van der Waals surface area contributed by atoms with Gasteiger partial charge in [-0.15, -0.1) is 0 Å². The summed E-state index contributed by atoms with van der Waals surface area (Å²) in [5, 5.41) is 2.98. The number of nitrogens with zero attached hydrogens (tertiary/aromatic N) is 1. The zero-order valence-corrected chi connectivity index (χ0v) is 15.8. The third-order valence-corrected chi connectivity index (χ3v) is 4.21. The molecule has 0 saturated heterocycles. The molecule has 5 nitrogen and oxygen atoms in total. The Morgan fingerprint density at radius 1 is 0.875 bits per heavy atom.